The molecule has 0 radical (unpaired) electrons. The molecular weight excluding hydrogens is 471 g/mol. The van der Waals surface area contributed by atoms with Crippen molar-refractivity contribution >= 4 is 39.1 Å². The van der Waals surface area contributed by atoms with Crippen molar-refractivity contribution in [2.24, 2.45) is 5.92 Å². The van der Waals surface area contributed by atoms with E-state index in [9.17, 15) is 13.2 Å². The molecule has 1 amide bonds. The molecule has 3 rings (SSSR count). The van der Waals surface area contributed by atoms with Gasteiger partial charge in [-0.15, -0.1) is 0 Å². The molecule has 1 unspecified atom stereocenters. The molecule has 1 atom stereocenters. The number of carbonyl (C=O) groups excluding carboxylic acids is 1. The zero-order valence-corrected chi connectivity index (χ0v) is 20.5. The number of sulfonamides is 1. The van der Waals surface area contributed by atoms with Gasteiger partial charge in [0.15, 0.2) is 0 Å². The molecule has 1 aliphatic rings. The Morgan fingerprint density at radius 1 is 1.19 bits per heavy atom. The molecule has 0 spiro atoms. The van der Waals surface area contributed by atoms with Gasteiger partial charge in [0.25, 0.3) is 0 Å². The number of piperidine rings is 1. The lowest BCUT2D eigenvalue weighted by atomic mass is 9.99. The molecule has 0 saturated carbocycles. The second-order valence-electron chi connectivity index (χ2n) is 8.22. The Morgan fingerprint density at radius 2 is 1.91 bits per heavy atom. The average Bonchev–Trinajstić information content (AvgIpc) is 2.75. The van der Waals surface area contributed by atoms with Crippen molar-refractivity contribution in [2.75, 3.05) is 13.1 Å². The molecule has 1 heterocycles. The number of rotatable bonds is 8. The molecule has 1 saturated heterocycles. The molecule has 6 nitrogen and oxygen atoms in total. The molecule has 0 aromatic heterocycles. The van der Waals surface area contributed by atoms with Gasteiger partial charge < -0.3 is 10.1 Å². The molecule has 0 aliphatic carbocycles. The fraction of sp³-hybridized carbons (Fsp3) is 0.435. The van der Waals surface area contributed by atoms with Crippen LogP contribution in [0.4, 0.5) is 0 Å². The van der Waals surface area contributed by atoms with Crippen LogP contribution in [-0.2, 0) is 27.1 Å². The minimum absolute atomic E-state index is 0.0989. The van der Waals surface area contributed by atoms with Crippen LogP contribution in [0.25, 0.3) is 0 Å². The van der Waals surface area contributed by atoms with Crippen molar-refractivity contribution in [1.29, 1.82) is 0 Å². The van der Waals surface area contributed by atoms with Gasteiger partial charge in [-0.25, -0.2) is 12.7 Å². The summed E-state index contributed by atoms with van der Waals surface area (Å²) in [6.07, 6.45) is 1.38. The van der Waals surface area contributed by atoms with Gasteiger partial charge in [-0.3, -0.25) is 4.79 Å². The maximum absolute atomic E-state index is 12.9. The van der Waals surface area contributed by atoms with Gasteiger partial charge in [0.1, 0.15) is 5.75 Å². The fourth-order valence-electron chi connectivity index (χ4n) is 3.63. The van der Waals surface area contributed by atoms with Crippen LogP contribution in [0.2, 0.25) is 10.0 Å². The number of hydrogen-bond donors (Lipinski definition) is 1. The SMILES string of the molecule is CC(C)Oc1ccc(CNC(=O)C2CCCN(S(=O)(=O)Cc3ccc(Cl)cc3Cl)C2)cc1. The summed E-state index contributed by atoms with van der Waals surface area (Å²) < 4.78 is 32.9. The zero-order valence-electron chi connectivity index (χ0n) is 18.2. The predicted octanol–water partition coefficient (Wildman–Crippen LogP) is 4.64. The minimum atomic E-state index is -3.61. The largest absolute Gasteiger partial charge is 0.491 e. The Balaban J connectivity index is 1.56. The third-order valence-electron chi connectivity index (χ3n) is 5.26. The highest BCUT2D eigenvalue weighted by Crippen LogP contribution is 2.26. The van der Waals surface area contributed by atoms with E-state index >= 15 is 0 Å². The molecule has 32 heavy (non-hydrogen) atoms. The first-order chi connectivity index (χ1) is 15.1. The molecule has 0 bridgehead atoms. The molecule has 1 aliphatic heterocycles. The number of halogens is 2. The maximum atomic E-state index is 12.9. The Bertz CT molecular complexity index is 1040. The summed E-state index contributed by atoms with van der Waals surface area (Å²) in [6.45, 7) is 4.87. The molecule has 174 valence electrons. The first-order valence-electron chi connectivity index (χ1n) is 10.6. The van der Waals surface area contributed by atoms with Gasteiger partial charge in [0.2, 0.25) is 15.9 Å². The fourth-order valence-corrected chi connectivity index (χ4v) is 5.82. The van der Waals surface area contributed by atoms with E-state index in [2.05, 4.69) is 5.32 Å². The normalized spacial score (nSPS) is 17.3. The van der Waals surface area contributed by atoms with Crippen LogP contribution in [0.15, 0.2) is 42.5 Å². The topological polar surface area (TPSA) is 75.7 Å². The number of amides is 1. The summed E-state index contributed by atoms with van der Waals surface area (Å²) in [6, 6.07) is 12.3. The Morgan fingerprint density at radius 3 is 2.56 bits per heavy atom. The van der Waals surface area contributed by atoms with E-state index in [4.69, 9.17) is 27.9 Å². The van der Waals surface area contributed by atoms with Crippen LogP contribution in [0.1, 0.15) is 37.8 Å². The lowest BCUT2D eigenvalue weighted by molar-refractivity contribution is -0.126. The standard InChI is InChI=1S/C23H28Cl2N2O4S/c1-16(2)31-21-9-5-17(6-10-21)13-26-23(28)18-4-3-11-27(14-18)32(29,30)15-19-7-8-20(24)12-22(19)25/h5-10,12,16,18H,3-4,11,13-15H2,1-2H3,(H,26,28). The van der Waals surface area contributed by atoms with Crippen molar-refractivity contribution < 1.29 is 17.9 Å². The number of ether oxygens (including phenoxy) is 1. The number of benzene rings is 2. The van der Waals surface area contributed by atoms with Crippen LogP contribution < -0.4 is 10.1 Å². The van der Waals surface area contributed by atoms with Gasteiger partial charge >= 0.3 is 0 Å². The highest BCUT2D eigenvalue weighted by molar-refractivity contribution is 7.88. The van der Waals surface area contributed by atoms with E-state index in [0.717, 1.165) is 11.3 Å². The molecule has 1 N–H and O–H groups in total. The Labute approximate surface area is 199 Å². The molecule has 9 heteroatoms. The van der Waals surface area contributed by atoms with E-state index in [1.54, 1.807) is 12.1 Å². The predicted molar refractivity (Wildman–Crippen MR) is 127 cm³/mol. The van der Waals surface area contributed by atoms with E-state index in [0.29, 0.717) is 41.5 Å². The van der Waals surface area contributed by atoms with Crippen molar-refractivity contribution in [3.63, 3.8) is 0 Å². The summed E-state index contributed by atoms with van der Waals surface area (Å²) in [7, 11) is -3.61. The second kappa shape index (κ2) is 10.9. The lowest BCUT2D eigenvalue weighted by Gasteiger charge is -2.31. The van der Waals surface area contributed by atoms with Gasteiger partial charge in [-0.1, -0.05) is 41.4 Å². The van der Waals surface area contributed by atoms with Crippen LogP contribution in [0.5, 0.6) is 5.75 Å². The number of nitrogens with one attached hydrogen (secondary N) is 1. The van der Waals surface area contributed by atoms with E-state index < -0.39 is 10.0 Å². The number of carbonyl (C=O) groups is 1. The monoisotopic (exact) mass is 498 g/mol. The van der Waals surface area contributed by atoms with Crippen LogP contribution in [-0.4, -0.2) is 37.8 Å². The van der Waals surface area contributed by atoms with Crippen molar-refractivity contribution in [3.05, 3.63) is 63.6 Å². The highest BCUT2D eigenvalue weighted by atomic mass is 35.5. The highest BCUT2D eigenvalue weighted by Gasteiger charge is 2.32. The summed E-state index contributed by atoms with van der Waals surface area (Å²) in [5.41, 5.74) is 1.44. The van der Waals surface area contributed by atoms with Gasteiger partial charge in [-0.2, -0.15) is 0 Å². The molecule has 2 aromatic carbocycles. The first-order valence-corrected chi connectivity index (χ1v) is 13.0. The molecular formula is C23H28Cl2N2O4S. The van der Waals surface area contributed by atoms with Gasteiger partial charge in [-0.05, 0) is 62.1 Å². The zero-order chi connectivity index (χ0) is 23.3. The van der Waals surface area contributed by atoms with Crippen molar-refractivity contribution in [3.8, 4) is 5.75 Å². The number of hydrogen-bond acceptors (Lipinski definition) is 4. The smallest absolute Gasteiger partial charge is 0.224 e. The lowest BCUT2D eigenvalue weighted by Crippen LogP contribution is -2.45. The summed E-state index contributed by atoms with van der Waals surface area (Å²) in [5, 5.41) is 3.70. The van der Waals surface area contributed by atoms with E-state index in [1.165, 1.54) is 10.4 Å². The van der Waals surface area contributed by atoms with Crippen LogP contribution in [0.3, 0.4) is 0 Å². The maximum Gasteiger partial charge on any atom is 0.224 e. The summed E-state index contributed by atoms with van der Waals surface area (Å²) in [4.78, 5) is 12.7. The summed E-state index contributed by atoms with van der Waals surface area (Å²) >= 11 is 12.0. The van der Waals surface area contributed by atoms with Gasteiger partial charge in [0, 0.05) is 29.7 Å². The van der Waals surface area contributed by atoms with Crippen molar-refractivity contribution in [1.82, 2.24) is 9.62 Å². The molecule has 1 fully saturated rings. The Hall–Kier alpha value is -1.80. The quantitative estimate of drug-likeness (QED) is 0.575. The third-order valence-corrected chi connectivity index (χ3v) is 7.64. The van der Waals surface area contributed by atoms with E-state index in [-0.39, 0.29) is 30.2 Å². The van der Waals surface area contributed by atoms with Crippen molar-refractivity contribution in [2.45, 2.75) is 45.1 Å². The second-order valence-corrected chi connectivity index (χ2v) is 11.0. The minimum Gasteiger partial charge on any atom is -0.491 e. The van der Waals surface area contributed by atoms with Crippen LogP contribution >= 0.6 is 23.2 Å². The third kappa shape index (κ3) is 6.85. The molecule has 2 aromatic rings. The van der Waals surface area contributed by atoms with Gasteiger partial charge in [0.05, 0.1) is 17.8 Å². The number of nitrogens with zero attached hydrogens (tertiary/aromatic N) is 1. The first kappa shape index (κ1) is 24.8. The Kier molecular flexibility index (Phi) is 8.44. The average molecular weight is 499 g/mol. The van der Waals surface area contributed by atoms with Crippen LogP contribution in [0, 0.1) is 5.92 Å². The summed E-state index contributed by atoms with van der Waals surface area (Å²) in [5.74, 6) is 0.0333. The van der Waals surface area contributed by atoms with E-state index in [1.807, 2.05) is 38.1 Å².